The quantitative estimate of drug-likeness (QED) is 0.926. The van der Waals surface area contributed by atoms with E-state index in [0.717, 1.165) is 23.7 Å². The maximum Gasteiger partial charge on any atom is 0.0733 e. The van der Waals surface area contributed by atoms with Crippen molar-refractivity contribution in [2.75, 3.05) is 0 Å². The van der Waals surface area contributed by atoms with Crippen molar-refractivity contribution in [3.8, 4) is 0 Å². The molecule has 0 bridgehead atoms. The summed E-state index contributed by atoms with van der Waals surface area (Å²) in [4.78, 5) is 0. The van der Waals surface area contributed by atoms with Crippen LogP contribution in [0.15, 0.2) is 28.7 Å². The molecule has 1 saturated heterocycles. The normalized spacial score (nSPS) is 26.9. The van der Waals surface area contributed by atoms with Crippen molar-refractivity contribution in [3.05, 3.63) is 34.3 Å². The molecule has 16 heavy (non-hydrogen) atoms. The predicted molar refractivity (Wildman–Crippen MR) is 69.4 cm³/mol. The lowest BCUT2D eigenvalue weighted by Gasteiger charge is -2.19. The van der Waals surface area contributed by atoms with Gasteiger partial charge in [-0.3, -0.25) is 0 Å². The highest BCUT2D eigenvalue weighted by atomic mass is 79.9. The van der Waals surface area contributed by atoms with Gasteiger partial charge in [0.15, 0.2) is 0 Å². The number of rotatable bonds is 3. The highest BCUT2D eigenvalue weighted by Crippen LogP contribution is 2.22. The summed E-state index contributed by atoms with van der Waals surface area (Å²) in [5, 5.41) is 0. The first-order valence-electron chi connectivity index (χ1n) is 5.80. The lowest BCUT2D eigenvalue weighted by molar-refractivity contribution is 0.0404. The van der Waals surface area contributed by atoms with Crippen molar-refractivity contribution in [1.82, 2.24) is 0 Å². The summed E-state index contributed by atoms with van der Waals surface area (Å²) in [6.07, 6.45) is 3.74. The second kappa shape index (κ2) is 5.30. The zero-order valence-electron chi connectivity index (χ0n) is 9.53. The number of nitrogens with two attached hydrogens (primary N) is 1. The zero-order chi connectivity index (χ0) is 11.5. The molecule has 0 aliphatic carbocycles. The molecule has 3 atom stereocenters. The Morgan fingerprint density at radius 2 is 2.06 bits per heavy atom. The highest BCUT2D eigenvalue weighted by Gasteiger charge is 2.27. The maximum absolute atomic E-state index is 6.17. The van der Waals surface area contributed by atoms with Gasteiger partial charge in [-0.25, -0.2) is 0 Å². The number of ether oxygens (including phenoxy) is 1. The van der Waals surface area contributed by atoms with Crippen LogP contribution >= 0.6 is 15.9 Å². The largest absolute Gasteiger partial charge is 0.374 e. The van der Waals surface area contributed by atoms with Crippen LogP contribution in [0.3, 0.4) is 0 Å². The smallest absolute Gasteiger partial charge is 0.0733 e. The third kappa shape index (κ3) is 3.06. The minimum Gasteiger partial charge on any atom is -0.374 e. The lowest BCUT2D eigenvalue weighted by Crippen LogP contribution is -2.36. The van der Waals surface area contributed by atoms with Gasteiger partial charge in [-0.1, -0.05) is 28.1 Å². The molecular weight excluding hydrogens is 266 g/mol. The van der Waals surface area contributed by atoms with Crippen LogP contribution in [0.25, 0.3) is 0 Å². The van der Waals surface area contributed by atoms with E-state index in [-0.39, 0.29) is 12.1 Å². The summed E-state index contributed by atoms with van der Waals surface area (Å²) in [6, 6.07) is 8.46. The summed E-state index contributed by atoms with van der Waals surface area (Å²) in [5.74, 6) is 0. The highest BCUT2D eigenvalue weighted by molar-refractivity contribution is 9.10. The van der Waals surface area contributed by atoms with E-state index in [4.69, 9.17) is 10.5 Å². The van der Waals surface area contributed by atoms with Gasteiger partial charge in [0.25, 0.3) is 0 Å². The Bertz CT molecular complexity index is 338. The van der Waals surface area contributed by atoms with E-state index in [9.17, 15) is 0 Å². The molecule has 2 rings (SSSR count). The van der Waals surface area contributed by atoms with Gasteiger partial charge in [0.05, 0.1) is 12.2 Å². The first kappa shape index (κ1) is 12.1. The summed E-state index contributed by atoms with van der Waals surface area (Å²) in [7, 11) is 0. The van der Waals surface area contributed by atoms with Gasteiger partial charge in [0.1, 0.15) is 0 Å². The summed E-state index contributed by atoms with van der Waals surface area (Å²) >= 11 is 3.43. The van der Waals surface area contributed by atoms with Gasteiger partial charge in [-0.15, -0.1) is 0 Å². The Balaban J connectivity index is 1.91. The summed E-state index contributed by atoms with van der Waals surface area (Å²) in [6.45, 7) is 2.12. The molecule has 3 unspecified atom stereocenters. The Hall–Kier alpha value is -0.380. The van der Waals surface area contributed by atoms with Crippen LogP contribution in [0.5, 0.6) is 0 Å². The van der Waals surface area contributed by atoms with Crippen LogP contribution in [0.4, 0.5) is 0 Å². The fraction of sp³-hybridized carbons (Fsp3) is 0.538. The summed E-state index contributed by atoms with van der Waals surface area (Å²) in [5.41, 5.74) is 7.45. The average Bonchev–Trinajstić information content (AvgIpc) is 2.68. The molecule has 0 aromatic heterocycles. The first-order chi connectivity index (χ1) is 7.65. The second-order valence-corrected chi connectivity index (χ2v) is 5.47. The molecular formula is C13H18BrNO. The standard InChI is InChI=1S/C13H18BrNO/c1-9-2-7-13(16-9)12(15)8-10-3-5-11(14)6-4-10/h3-6,9,12-13H,2,7-8,15H2,1H3. The molecule has 0 amide bonds. The maximum atomic E-state index is 6.17. The van der Waals surface area contributed by atoms with Gasteiger partial charge in [-0.2, -0.15) is 0 Å². The fourth-order valence-corrected chi connectivity index (χ4v) is 2.44. The van der Waals surface area contributed by atoms with Crippen molar-refractivity contribution in [2.24, 2.45) is 5.73 Å². The molecule has 1 aliphatic rings. The SMILES string of the molecule is CC1CCC(C(N)Cc2ccc(Br)cc2)O1. The third-order valence-electron chi connectivity index (χ3n) is 3.13. The molecule has 3 heteroatoms. The van der Waals surface area contributed by atoms with E-state index in [1.54, 1.807) is 0 Å². The molecule has 1 fully saturated rings. The number of hydrogen-bond donors (Lipinski definition) is 1. The van der Waals surface area contributed by atoms with Gasteiger partial charge >= 0.3 is 0 Å². The Labute approximate surface area is 105 Å². The van der Waals surface area contributed by atoms with Gasteiger partial charge < -0.3 is 10.5 Å². The van der Waals surface area contributed by atoms with E-state index in [1.807, 2.05) is 0 Å². The van der Waals surface area contributed by atoms with Gasteiger partial charge in [-0.05, 0) is 43.9 Å². The molecule has 0 spiro atoms. The fourth-order valence-electron chi connectivity index (χ4n) is 2.17. The molecule has 1 aromatic rings. The summed E-state index contributed by atoms with van der Waals surface area (Å²) < 4.78 is 6.89. The Kier molecular flexibility index (Phi) is 4.00. The molecule has 2 N–H and O–H groups in total. The van der Waals surface area contributed by atoms with E-state index >= 15 is 0 Å². The van der Waals surface area contributed by atoms with Crippen LogP contribution in [0.1, 0.15) is 25.3 Å². The zero-order valence-corrected chi connectivity index (χ0v) is 11.1. The number of benzene rings is 1. The minimum absolute atomic E-state index is 0.117. The van der Waals surface area contributed by atoms with Crippen LogP contribution < -0.4 is 5.73 Å². The minimum atomic E-state index is 0.117. The van der Waals surface area contributed by atoms with Crippen molar-refractivity contribution >= 4 is 15.9 Å². The first-order valence-corrected chi connectivity index (χ1v) is 6.60. The molecule has 0 saturated carbocycles. The van der Waals surface area contributed by atoms with E-state index in [2.05, 4.69) is 47.1 Å². The van der Waals surface area contributed by atoms with Crippen molar-refractivity contribution in [2.45, 2.75) is 44.4 Å². The molecule has 1 aromatic carbocycles. The molecule has 2 nitrogen and oxygen atoms in total. The Morgan fingerprint density at radius 1 is 1.38 bits per heavy atom. The van der Waals surface area contributed by atoms with E-state index in [1.165, 1.54) is 5.56 Å². The van der Waals surface area contributed by atoms with E-state index < -0.39 is 0 Å². The monoisotopic (exact) mass is 283 g/mol. The van der Waals surface area contributed by atoms with Crippen LogP contribution in [-0.4, -0.2) is 18.2 Å². The molecule has 0 radical (unpaired) electrons. The van der Waals surface area contributed by atoms with Crippen LogP contribution in [0.2, 0.25) is 0 Å². The Morgan fingerprint density at radius 3 is 2.62 bits per heavy atom. The van der Waals surface area contributed by atoms with Crippen LogP contribution in [-0.2, 0) is 11.2 Å². The molecule has 1 aliphatic heterocycles. The van der Waals surface area contributed by atoms with E-state index in [0.29, 0.717) is 6.10 Å². The average molecular weight is 284 g/mol. The molecule has 1 heterocycles. The van der Waals surface area contributed by atoms with Gasteiger partial charge in [0, 0.05) is 10.5 Å². The third-order valence-corrected chi connectivity index (χ3v) is 3.66. The van der Waals surface area contributed by atoms with Crippen LogP contribution in [0, 0.1) is 0 Å². The van der Waals surface area contributed by atoms with Crippen molar-refractivity contribution < 1.29 is 4.74 Å². The number of halogens is 1. The molecule has 88 valence electrons. The van der Waals surface area contributed by atoms with Crippen molar-refractivity contribution in [3.63, 3.8) is 0 Å². The van der Waals surface area contributed by atoms with Crippen molar-refractivity contribution in [1.29, 1.82) is 0 Å². The second-order valence-electron chi connectivity index (χ2n) is 4.56. The van der Waals surface area contributed by atoms with Gasteiger partial charge in [0.2, 0.25) is 0 Å². The topological polar surface area (TPSA) is 35.2 Å². The predicted octanol–water partition coefficient (Wildman–Crippen LogP) is 2.89. The number of hydrogen-bond acceptors (Lipinski definition) is 2. The lowest BCUT2D eigenvalue weighted by atomic mass is 10.0.